The van der Waals surface area contributed by atoms with Crippen molar-refractivity contribution >= 4 is 11.9 Å². The molecule has 0 saturated carbocycles. The van der Waals surface area contributed by atoms with E-state index in [1.165, 1.54) is 5.56 Å². The Kier molecular flexibility index (Phi) is 3.84. The highest BCUT2D eigenvalue weighted by molar-refractivity contribution is 5.87. The molecule has 1 aliphatic carbocycles. The van der Waals surface area contributed by atoms with E-state index in [1.807, 2.05) is 24.3 Å². The summed E-state index contributed by atoms with van der Waals surface area (Å²) in [6, 6.07) is 7.02. The topological polar surface area (TPSA) is 66.4 Å². The number of carboxylic acids is 1. The van der Waals surface area contributed by atoms with Crippen molar-refractivity contribution in [2.75, 3.05) is 0 Å². The maximum Gasteiger partial charge on any atom is 0.326 e. The molecular formula is C16H21NO3. The summed E-state index contributed by atoms with van der Waals surface area (Å²) in [4.78, 5) is 23.6. The van der Waals surface area contributed by atoms with Crippen LogP contribution in [0.5, 0.6) is 0 Å². The van der Waals surface area contributed by atoms with Gasteiger partial charge in [0.05, 0.1) is 0 Å². The molecule has 2 atom stereocenters. The lowest BCUT2D eigenvalue weighted by molar-refractivity contribution is -0.144. The molecule has 0 bridgehead atoms. The number of hydrogen-bond donors (Lipinski definition) is 2. The van der Waals surface area contributed by atoms with Crippen LogP contribution in [0.2, 0.25) is 0 Å². The summed E-state index contributed by atoms with van der Waals surface area (Å²) in [5.74, 6) is -1.34. The molecule has 4 nitrogen and oxygen atoms in total. The maximum atomic E-state index is 12.1. The number of nitrogens with one attached hydrogen (secondary N) is 1. The smallest absolute Gasteiger partial charge is 0.326 e. The van der Waals surface area contributed by atoms with Gasteiger partial charge in [0.25, 0.3) is 0 Å². The molecule has 0 fully saturated rings. The summed E-state index contributed by atoms with van der Waals surface area (Å²) in [5.41, 5.74) is 1.65. The Bertz CT molecular complexity index is 531. The Hall–Kier alpha value is -1.84. The third-order valence-electron chi connectivity index (χ3n) is 3.82. The predicted molar refractivity (Wildman–Crippen MR) is 76.5 cm³/mol. The van der Waals surface area contributed by atoms with Crippen molar-refractivity contribution in [1.82, 2.24) is 5.32 Å². The maximum absolute atomic E-state index is 12.1. The predicted octanol–water partition coefficient (Wildman–Crippen LogP) is 2.33. The molecule has 2 unspecified atom stereocenters. The zero-order chi connectivity index (χ0) is 14.9. The fourth-order valence-electron chi connectivity index (χ4n) is 2.63. The Labute approximate surface area is 119 Å². The van der Waals surface area contributed by atoms with Crippen LogP contribution in [0.1, 0.15) is 44.2 Å². The van der Waals surface area contributed by atoms with Gasteiger partial charge in [-0.05, 0) is 24.0 Å². The number of fused-ring (bicyclic) bond motifs is 1. The highest BCUT2D eigenvalue weighted by Crippen LogP contribution is 2.35. The fourth-order valence-corrected chi connectivity index (χ4v) is 2.63. The van der Waals surface area contributed by atoms with Crippen molar-refractivity contribution in [1.29, 1.82) is 0 Å². The van der Waals surface area contributed by atoms with Crippen molar-refractivity contribution in [2.24, 2.45) is 5.41 Å². The number of aliphatic carboxylic acids is 1. The number of hydrogen-bond acceptors (Lipinski definition) is 2. The van der Waals surface area contributed by atoms with Gasteiger partial charge in [-0.15, -0.1) is 0 Å². The van der Waals surface area contributed by atoms with E-state index in [2.05, 4.69) is 5.32 Å². The quantitative estimate of drug-likeness (QED) is 0.889. The zero-order valence-corrected chi connectivity index (χ0v) is 12.1. The first-order valence-corrected chi connectivity index (χ1v) is 6.92. The monoisotopic (exact) mass is 275 g/mol. The van der Waals surface area contributed by atoms with E-state index in [1.54, 1.807) is 20.8 Å². The van der Waals surface area contributed by atoms with Gasteiger partial charge >= 0.3 is 5.97 Å². The second kappa shape index (κ2) is 5.27. The molecule has 0 aliphatic heterocycles. The van der Waals surface area contributed by atoms with Gasteiger partial charge in [-0.1, -0.05) is 45.0 Å². The van der Waals surface area contributed by atoms with Gasteiger partial charge in [0.15, 0.2) is 0 Å². The van der Waals surface area contributed by atoms with Crippen molar-refractivity contribution in [3.05, 3.63) is 35.4 Å². The van der Waals surface area contributed by atoms with Gasteiger partial charge < -0.3 is 10.4 Å². The SMILES string of the molecule is CC(C)(C)C(=O)NC(C(=O)O)C1CCc2ccccc21. The first-order valence-electron chi connectivity index (χ1n) is 6.92. The van der Waals surface area contributed by atoms with Gasteiger partial charge in [0.2, 0.25) is 5.91 Å². The van der Waals surface area contributed by atoms with Crippen molar-refractivity contribution in [3.8, 4) is 0 Å². The standard InChI is InChI=1S/C16H21NO3/c1-16(2,3)15(20)17-13(14(18)19)12-9-8-10-6-4-5-7-11(10)12/h4-7,12-13H,8-9H2,1-3H3,(H,17,20)(H,18,19). The largest absolute Gasteiger partial charge is 0.480 e. The van der Waals surface area contributed by atoms with Crippen LogP contribution >= 0.6 is 0 Å². The van der Waals surface area contributed by atoms with Crippen LogP contribution < -0.4 is 5.32 Å². The molecule has 0 radical (unpaired) electrons. The molecule has 0 spiro atoms. The third kappa shape index (κ3) is 2.84. The average Bonchev–Trinajstić information content (AvgIpc) is 2.77. The minimum Gasteiger partial charge on any atom is -0.480 e. The molecular weight excluding hydrogens is 254 g/mol. The fraction of sp³-hybridized carbons (Fsp3) is 0.500. The molecule has 4 heteroatoms. The van der Waals surface area contributed by atoms with Crippen LogP contribution in [-0.4, -0.2) is 23.0 Å². The molecule has 0 saturated heterocycles. The molecule has 108 valence electrons. The van der Waals surface area contributed by atoms with Crippen LogP contribution in [-0.2, 0) is 16.0 Å². The molecule has 1 amide bonds. The van der Waals surface area contributed by atoms with Crippen LogP contribution in [0.15, 0.2) is 24.3 Å². The minimum atomic E-state index is -0.968. The zero-order valence-electron chi connectivity index (χ0n) is 12.1. The highest BCUT2D eigenvalue weighted by atomic mass is 16.4. The Balaban J connectivity index is 2.23. The minimum absolute atomic E-state index is 0.144. The van der Waals surface area contributed by atoms with Gasteiger partial charge in [0.1, 0.15) is 6.04 Å². The molecule has 1 aromatic rings. The van der Waals surface area contributed by atoms with E-state index in [0.29, 0.717) is 0 Å². The van der Waals surface area contributed by atoms with E-state index in [0.717, 1.165) is 18.4 Å². The first kappa shape index (κ1) is 14.6. The lowest BCUT2D eigenvalue weighted by atomic mass is 9.90. The lowest BCUT2D eigenvalue weighted by Gasteiger charge is -2.26. The summed E-state index contributed by atoms with van der Waals surface area (Å²) in [7, 11) is 0. The normalized spacial score (nSPS) is 19.2. The first-order chi connectivity index (χ1) is 9.30. The number of carbonyl (C=O) groups excluding carboxylic acids is 1. The van der Waals surface area contributed by atoms with Crippen LogP contribution in [0.25, 0.3) is 0 Å². The Morgan fingerprint density at radius 1 is 1.30 bits per heavy atom. The third-order valence-corrected chi connectivity index (χ3v) is 3.82. The van der Waals surface area contributed by atoms with Gasteiger partial charge in [-0.2, -0.15) is 0 Å². The number of carbonyl (C=O) groups is 2. The molecule has 0 heterocycles. The number of aryl methyl sites for hydroxylation is 1. The van der Waals surface area contributed by atoms with E-state index < -0.39 is 17.4 Å². The van der Waals surface area contributed by atoms with E-state index in [-0.39, 0.29) is 11.8 Å². The Morgan fingerprint density at radius 2 is 1.95 bits per heavy atom. The van der Waals surface area contributed by atoms with Gasteiger partial charge in [-0.25, -0.2) is 4.79 Å². The second-order valence-electron chi connectivity index (χ2n) is 6.38. The molecule has 20 heavy (non-hydrogen) atoms. The lowest BCUT2D eigenvalue weighted by Crippen LogP contribution is -2.48. The van der Waals surface area contributed by atoms with Crippen LogP contribution in [0, 0.1) is 5.41 Å². The number of carboxylic acid groups (broad SMARTS) is 1. The Morgan fingerprint density at radius 3 is 2.55 bits per heavy atom. The van der Waals surface area contributed by atoms with Crippen LogP contribution in [0.4, 0.5) is 0 Å². The summed E-state index contributed by atoms with van der Waals surface area (Å²) >= 11 is 0. The summed E-state index contributed by atoms with van der Waals surface area (Å²) in [6.45, 7) is 5.34. The molecule has 2 N–H and O–H groups in total. The van der Waals surface area contributed by atoms with E-state index >= 15 is 0 Å². The van der Waals surface area contributed by atoms with Crippen molar-refractivity contribution < 1.29 is 14.7 Å². The summed E-state index contributed by atoms with van der Waals surface area (Å²) in [5, 5.41) is 12.2. The number of rotatable bonds is 3. The summed E-state index contributed by atoms with van der Waals surface area (Å²) in [6.07, 6.45) is 1.64. The van der Waals surface area contributed by atoms with E-state index in [9.17, 15) is 14.7 Å². The summed E-state index contributed by atoms with van der Waals surface area (Å²) < 4.78 is 0. The van der Waals surface area contributed by atoms with Gasteiger partial charge in [0, 0.05) is 11.3 Å². The number of amides is 1. The van der Waals surface area contributed by atoms with Crippen molar-refractivity contribution in [2.45, 2.75) is 45.6 Å². The molecule has 1 aliphatic rings. The van der Waals surface area contributed by atoms with Crippen molar-refractivity contribution in [3.63, 3.8) is 0 Å². The molecule has 2 rings (SSSR count). The number of benzene rings is 1. The molecule has 1 aromatic carbocycles. The van der Waals surface area contributed by atoms with Gasteiger partial charge in [-0.3, -0.25) is 4.79 Å². The van der Waals surface area contributed by atoms with E-state index in [4.69, 9.17) is 0 Å². The average molecular weight is 275 g/mol. The van der Waals surface area contributed by atoms with Crippen LogP contribution in [0.3, 0.4) is 0 Å². The molecule has 0 aromatic heterocycles. The second-order valence-corrected chi connectivity index (χ2v) is 6.38. The highest BCUT2D eigenvalue weighted by Gasteiger charge is 2.37.